The summed E-state index contributed by atoms with van der Waals surface area (Å²) in [4.78, 5) is 30.8. The second-order valence-electron chi connectivity index (χ2n) is 6.93. The number of nitrogens with zero attached hydrogens (tertiary/aromatic N) is 3. The molecule has 7 heteroatoms. The van der Waals surface area contributed by atoms with Gasteiger partial charge in [-0.15, -0.1) is 0 Å². The standard InChI is InChI=1S/C19H24N4O3/c1-12(2)18(24)21-15-6-9-23(10-7-15)19(25)16-13(3)26-22-17(16)14-5-4-8-20-11-14/h4-5,8,11-12,15H,6-7,9-10H2,1-3H3,(H,21,24). The molecule has 2 aromatic heterocycles. The van der Waals surface area contributed by atoms with Crippen LogP contribution in [0, 0.1) is 12.8 Å². The number of aryl methyl sites for hydroxylation is 1. The topological polar surface area (TPSA) is 88.3 Å². The molecule has 0 aromatic carbocycles. The lowest BCUT2D eigenvalue weighted by Gasteiger charge is -2.32. The van der Waals surface area contributed by atoms with Crippen molar-refractivity contribution in [3.63, 3.8) is 0 Å². The molecular weight excluding hydrogens is 332 g/mol. The van der Waals surface area contributed by atoms with Crippen molar-refractivity contribution in [2.24, 2.45) is 5.92 Å². The van der Waals surface area contributed by atoms with Gasteiger partial charge in [-0.2, -0.15) is 0 Å². The fourth-order valence-corrected chi connectivity index (χ4v) is 3.08. The fourth-order valence-electron chi connectivity index (χ4n) is 3.08. The van der Waals surface area contributed by atoms with E-state index in [0.717, 1.165) is 18.4 Å². The van der Waals surface area contributed by atoms with Gasteiger partial charge < -0.3 is 14.7 Å². The molecular formula is C19H24N4O3. The molecule has 0 aliphatic carbocycles. The highest BCUT2D eigenvalue weighted by Crippen LogP contribution is 2.27. The van der Waals surface area contributed by atoms with Crippen LogP contribution in [0.2, 0.25) is 0 Å². The van der Waals surface area contributed by atoms with Crippen LogP contribution in [-0.4, -0.2) is 46.0 Å². The van der Waals surface area contributed by atoms with E-state index in [1.54, 1.807) is 30.3 Å². The van der Waals surface area contributed by atoms with Gasteiger partial charge in [0.25, 0.3) is 5.91 Å². The van der Waals surface area contributed by atoms with E-state index < -0.39 is 0 Å². The first-order chi connectivity index (χ1) is 12.5. The van der Waals surface area contributed by atoms with Crippen LogP contribution in [0.4, 0.5) is 0 Å². The highest BCUT2D eigenvalue weighted by molar-refractivity contribution is 6.00. The molecule has 0 unspecified atom stereocenters. The van der Waals surface area contributed by atoms with Crippen molar-refractivity contribution >= 4 is 11.8 Å². The summed E-state index contributed by atoms with van der Waals surface area (Å²) in [6.45, 7) is 6.69. The summed E-state index contributed by atoms with van der Waals surface area (Å²) >= 11 is 0. The number of piperidine rings is 1. The van der Waals surface area contributed by atoms with Gasteiger partial charge in [-0.3, -0.25) is 14.6 Å². The average Bonchev–Trinajstić information content (AvgIpc) is 3.04. The predicted molar refractivity (Wildman–Crippen MR) is 96.4 cm³/mol. The Balaban J connectivity index is 1.70. The zero-order valence-corrected chi connectivity index (χ0v) is 15.4. The van der Waals surface area contributed by atoms with Crippen molar-refractivity contribution in [1.82, 2.24) is 20.4 Å². The Morgan fingerprint density at radius 3 is 2.65 bits per heavy atom. The van der Waals surface area contributed by atoms with Crippen LogP contribution in [0.5, 0.6) is 0 Å². The maximum Gasteiger partial charge on any atom is 0.259 e. The number of hydrogen-bond donors (Lipinski definition) is 1. The normalized spacial score (nSPS) is 15.3. The number of aromatic nitrogens is 2. The lowest BCUT2D eigenvalue weighted by atomic mass is 10.0. The molecule has 0 bridgehead atoms. The Bertz CT molecular complexity index is 777. The molecule has 0 radical (unpaired) electrons. The van der Waals surface area contributed by atoms with Crippen molar-refractivity contribution in [3.8, 4) is 11.3 Å². The molecule has 2 amide bonds. The summed E-state index contributed by atoms with van der Waals surface area (Å²) in [6.07, 6.45) is 4.84. The summed E-state index contributed by atoms with van der Waals surface area (Å²) in [5.41, 5.74) is 1.77. The quantitative estimate of drug-likeness (QED) is 0.909. The van der Waals surface area contributed by atoms with Crippen molar-refractivity contribution in [2.45, 2.75) is 39.7 Å². The minimum atomic E-state index is -0.0868. The summed E-state index contributed by atoms with van der Waals surface area (Å²) < 4.78 is 5.28. The Morgan fingerprint density at radius 2 is 2.04 bits per heavy atom. The van der Waals surface area contributed by atoms with Gasteiger partial charge >= 0.3 is 0 Å². The van der Waals surface area contributed by atoms with Crippen LogP contribution < -0.4 is 5.32 Å². The molecule has 1 aliphatic rings. The molecule has 1 aliphatic heterocycles. The number of rotatable bonds is 4. The molecule has 3 heterocycles. The van der Waals surface area contributed by atoms with Crippen LogP contribution in [0.3, 0.4) is 0 Å². The minimum Gasteiger partial charge on any atom is -0.360 e. The van der Waals surface area contributed by atoms with Crippen LogP contribution in [0.15, 0.2) is 29.0 Å². The first kappa shape index (κ1) is 18.1. The average molecular weight is 356 g/mol. The van der Waals surface area contributed by atoms with E-state index in [2.05, 4.69) is 15.5 Å². The zero-order chi connectivity index (χ0) is 18.7. The van der Waals surface area contributed by atoms with Gasteiger partial charge in [0.1, 0.15) is 17.0 Å². The molecule has 7 nitrogen and oxygen atoms in total. The Labute approximate surface area is 152 Å². The predicted octanol–water partition coefficient (Wildman–Crippen LogP) is 2.42. The second-order valence-corrected chi connectivity index (χ2v) is 6.93. The number of pyridine rings is 1. The van der Waals surface area contributed by atoms with E-state index in [0.29, 0.717) is 30.1 Å². The highest BCUT2D eigenvalue weighted by Gasteiger charge is 2.29. The molecule has 26 heavy (non-hydrogen) atoms. The molecule has 2 aromatic rings. The number of nitrogens with one attached hydrogen (secondary N) is 1. The van der Waals surface area contributed by atoms with Crippen LogP contribution in [0.25, 0.3) is 11.3 Å². The number of amides is 2. The SMILES string of the molecule is Cc1onc(-c2cccnc2)c1C(=O)N1CCC(NC(=O)C(C)C)CC1. The summed E-state index contributed by atoms with van der Waals surface area (Å²) in [7, 11) is 0. The first-order valence-electron chi connectivity index (χ1n) is 8.93. The lowest BCUT2D eigenvalue weighted by Crippen LogP contribution is -2.47. The number of carbonyl (C=O) groups is 2. The van der Waals surface area contributed by atoms with Gasteiger partial charge in [0.05, 0.1) is 0 Å². The zero-order valence-electron chi connectivity index (χ0n) is 15.4. The maximum absolute atomic E-state index is 13.0. The summed E-state index contributed by atoms with van der Waals surface area (Å²) in [6, 6.07) is 3.78. The van der Waals surface area contributed by atoms with Crippen molar-refractivity contribution < 1.29 is 14.1 Å². The molecule has 1 N–H and O–H groups in total. The van der Waals surface area contributed by atoms with Crippen molar-refractivity contribution in [1.29, 1.82) is 0 Å². The summed E-state index contributed by atoms with van der Waals surface area (Å²) in [5, 5.41) is 7.10. The molecule has 138 valence electrons. The maximum atomic E-state index is 13.0. The molecule has 3 rings (SSSR count). The van der Waals surface area contributed by atoms with E-state index in [4.69, 9.17) is 4.52 Å². The smallest absolute Gasteiger partial charge is 0.259 e. The first-order valence-corrected chi connectivity index (χ1v) is 8.93. The Morgan fingerprint density at radius 1 is 1.31 bits per heavy atom. The monoisotopic (exact) mass is 356 g/mol. The lowest BCUT2D eigenvalue weighted by molar-refractivity contribution is -0.124. The van der Waals surface area contributed by atoms with E-state index in [1.165, 1.54) is 0 Å². The highest BCUT2D eigenvalue weighted by atomic mass is 16.5. The fraction of sp³-hybridized carbons (Fsp3) is 0.474. The van der Waals surface area contributed by atoms with E-state index in [-0.39, 0.29) is 23.8 Å². The third kappa shape index (κ3) is 3.76. The van der Waals surface area contributed by atoms with E-state index in [1.807, 2.05) is 19.9 Å². The van der Waals surface area contributed by atoms with Crippen LogP contribution in [-0.2, 0) is 4.79 Å². The number of carbonyl (C=O) groups excluding carboxylic acids is 2. The van der Waals surface area contributed by atoms with Gasteiger partial charge in [0.2, 0.25) is 5.91 Å². The van der Waals surface area contributed by atoms with Gasteiger partial charge in [-0.05, 0) is 31.9 Å². The van der Waals surface area contributed by atoms with Gasteiger partial charge in [0.15, 0.2) is 0 Å². The van der Waals surface area contributed by atoms with Crippen LogP contribution in [0.1, 0.15) is 42.8 Å². The van der Waals surface area contributed by atoms with E-state index >= 15 is 0 Å². The largest absolute Gasteiger partial charge is 0.360 e. The van der Waals surface area contributed by atoms with E-state index in [9.17, 15) is 9.59 Å². The van der Waals surface area contributed by atoms with Gasteiger partial charge in [-0.25, -0.2) is 0 Å². The second kappa shape index (κ2) is 7.68. The van der Waals surface area contributed by atoms with Crippen molar-refractivity contribution in [3.05, 3.63) is 35.9 Å². The van der Waals surface area contributed by atoms with Crippen molar-refractivity contribution in [2.75, 3.05) is 13.1 Å². The molecule has 1 fully saturated rings. The summed E-state index contributed by atoms with van der Waals surface area (Å²) in [5.74, 6) is 0.445. The Hall–Kier alpha value is -2.70. The Kier molecular flexibility index (Phi) is 5.35. The van der Waals surface area contributed by atoms with Gasteiger partial charge in [0, 0.05) is 43.0 Å². The molecule has 0 spiro atoms. The molecule has 0 atom stereocenters. The number of hydrogen-bond acceptors (Lipinski definition) is 5. The van der Waals surface area contributed by atoms with Crippen LogP contribution >= 0.6 is 0 Å². The number of likely N-dealkylation sites (tertiary alicyclic amines) is 1. The third-order valence-electron chi connectivity index (χ3n) is 4.66. The van der Waals surface area contributed by atoms with Gasteiger partial charge in [-0.1, -0.05) is 19.0 Å². The third-order valence-corrected chi connectivity index (χ3v) is 4.66. The minimum absolute atomic E-state index is 0.0312. The molecule has 1 saturated heterocycles. The molecule has 0 saturated carbocycles.